The number of likely N-dealkylation sites (N-methyl/N-ethyl adjacent to an activating group) is 1. The number of nitrogens with one attached hydrogen (secondary N) is 2. The third-order valence-electron chi connectivity index (χ3n) is 5.37. The first-order valence-electron chi connectivity index (χ1n) is 9.65. The van der Waals surface area contributed by atoms with Crippen molar-refractivity contribution in [2.75, 3.05) is 42.9 Å². The van der Waals surface area contributed by atoms with Crippen molar-refractivity contribution in [3.8, 4) is 0 Å². The van der Waals surface area contributed by atoms with Gasteiger partial charge in [-0.2, -0.15) is 0 Å². The van der Waals surface area contributed by atoms with Gasteiger partial charge in [0.15, 0.2) is 0 Å². The van der Waals surface area contributed by atoms with Gasteiger partial charge in [0.1, 0.15) is 0 Å². The van der Waals surface area contributed by atoms with E-state index in [9.17, 15) is 9.59 Å². The molecule has 1 saturated heterocycles. The van der Waals surface area contributed by atoms with Crippen LogP contribution in [0.4, 0.5) is 11.4 Å². The number of fused-ring (bicyclic) bond motifs is 1. The minimum atomic E-state index is -0.387. The van der Waals surface area contributed by atoms with E-state index < -0.39 is 0 Å². The highest BCUT2D eigenvalue weighted by molar-refractivity contribution is 6.31. The molecule has 0 saturated carbocycles. The van der Waals surface area contributed by atoms with Crippen molar-refractivity contribution in [2.45, 2.75) is 6.92 Å². The molecule has 2 amide bonds. The second-order valence-corrected chi connectivity index (χ2v) is 7.00. The Bertz CT molecular complexity index is 912. The molecule has 2 aliphatic heterocycles. The predicted molar refractivity (Wildman–Crippen MR) is 111 cm³/mol. The lowest BCUT2D eigenvalue weighted by atomic mass is 9.96. The fourth-order valence-electron chi connectivity index (χ4n) is 3.67. The molecule has 0 spiro atoms. The Kier molecular flexibility index (Phi) is 5.12. The van der Waals surface area contributed by atoms with Gasteiger partial charge in [0.25, 0.3) is 11.8 Å². The monoisotopic (exact) mass is 376 g/mol. The van der Waals surface area contributed by atoms with Gasteiger partial charge in [0.05, 0.1) is 5.57 Å². The van der Waals surface area contributed by atoms with Crippen molar-refractivity contribution in [3.05, 3.63) is 65.9 Å². The number of carbonyl (C=O) groups is 2. The third kappa shape index (κ3) is 3.64. The van der Waals surface area contributed by atoms with Crippen molar-refractivity contribution < 1.29 is 9.59 Å². The smallest absolute Gasteiger partial charge is 0.260 e. The van der Waals surface area contributed by atoms with Crippen molar-refractivity contribution in [1.29, 1.82) is 0 Å². The maximum absolute atomic E-state index is 12.2. The molecule has 0 unspecified atom stereocenters. The summed E-state index contributed by atoms with van der Waals surface area (Å²) in [5, 5.41) is 5.57. The second kappa shape index (κ2) is 7.86. The summed E-state index contributed by atoms with van der Waals surface area (Å²) in [6, 6.07) is 15.3. The van der Waals surface area contributed by atoms with Crippen LogP contribution in [0.15, 0.2) is 54.7 Å². The number of piperazine rings is 1. The van der Waals surface area contributed by atoms with Crippen LogP contribution in [-0.4, -0.2) is 49.4 Å². The molecule has 0 radical (unpaired) electrons. The van der Waals surface area contributed by atoms with E-state index in [2.05, 4.69) is 39.5 Å². The Morgan fingerprint density at radius 3 is 2.29 bits per heavy atom. The zero-order chi connectivity index (χ0) is 19.5. The third-order valence-corrected chi connectivity index (χ3v) is 5.37. The van der Waals surface area contributed by atoms with Gasteiger partial charge in [-0.1, -0.05) is 25.1 Å². The van der Waals surface area contributed by atoms with E-state index >= 15 is 0 Å². The van der Waals surface area contributed by atoms with E-state index in [4.69, 9.17) is 0 Å². The number of carbonyl (C=O) groups excluding carboxylic acids is 2. The summed E-state index contributed by atoms with van der Waals surface area (Å²) in [6.07, 6.45) is 1.66. The quantitative estimate of drug-likeness (QED) is 0.634. The van der Waals surface area contributed by atoms with Crippen molar-refractivity contribution >= 4 is 28.8 Å². The number of amides is 2. The first-order chi connectivity index (χ1) is 13.7. The van der Waals surface area contributed by atoms with E-state index in [1.54, 1.807) is 24.4 Å². The molecule has 0 aromatic heterocycles. The van der Waals surface area contributed by atoms with Gasteiger partial charge < -0.3 is 15.1 Å². The fraction of sp³-hybridized carbons (Fsp3) is 0.273. The normalized spacial score (nSPS) is 18.8. The van der Waals surface area contributed by atoms with Crippen LogP contribution in [-0.2, 0) is 4.79 Å². The highest BCUT2D eigenvalue weighted by Crippen LogP contribution is 2.25. The molecular weight excluding hydrogens is 352 g/mol. The maximum atomic E-state index is 12.2. The van der Waals surface area contributed by atoms with Crippen LogP contribution in [0, 0.1) is 0 Å². The summed E-state index contributed by atoms with van der Waals surface area (Å²) >= 11 is 0. The number of hydrogen-bond acceptors (Lipinski definition) is 5. The Labute approximate surface area is 164 Å². The van der Waals surface area contributed by atoms with Crippen molar-refractivity contribution in [3.63, 3.8) is 0 Å². The highest BCUT2D eigenvalue weighted by Gasteiger charge is 2.26. The molecule has 6 nitrogen and oxygen atoms in total. The van der Waals surface area contributed by atoms with Gasteiger partial charge in [-0.15, -0.1) is 0 Å². The van der Waals surface area contributed by atoms with Crippen LogP contribution < -0.4 is 15.5 Å². The maximum Gasteiger partial charge on any atom is 0.260 e. The summed E-state index contributed by atoms with van der Waals surface area (Å²) in [7, 11) is 0. The van der Waals surface area contributed by atoms with Gasteiger partial charge in [0.2, 0.25) is 0 Å². The number of rotatable bonds is 4. The molecule has 0 bridgehead atoms. The van der Waals surface area contributed by atoms with E-state index in [0.29, 0.717) is 16.7 Å². The molecule has 144 valence electrons. The van der Waals surface area contributed by atoms with Crippen LogP contribution in [0.2, 0.25) is 0 Å². The molecule has 2 N–H and O–H groups in total. The van der Waals surface area contributed by atoms with Crippen LogP contribution in [0.3, 0.4) is 0 Å². The van der Waals surface area contributed by atoms with E-state index in [1.165, 1.54) is 5.69 Å². The molecule has 2 aromatic carbocycles. The van der Waals surface area contributed by atoms with Crippen LogP contribution >= 0.6 is 0 Å². The molecule has 2 heterocycles. The Morgan fingerprint density at radius 1 is 0.929 bits per heavy atom. The average Bonchev–Trinajstić information content (AvgIpc) is 2.74. The van der Waals surface area contributed by atoms with Gasteiger partial charge in [-0.25, -0.2) is 0 Å². The minimum Gasteiger partial charge on any atom is -0.369 e. The second-order valence-electron chi connectivity index (χ2n) is 7.00. The van der Waals surface area contributed by atoms with Gasteiger partial charge in [-0.3, -0.25) is 14.9 Å². The molecule has 6 heteroatoms. The average molecular weight is 376 g/mol. The summed E-state index contributed by atoms with van der Waals surface area (Å²) in [4.78, 5) is 29.1. The van der Waals surface area contributed by atoms with Crippen LogP contribution in [0.5, 0.6) is 0 Å². The Hall–Kier alpha value is -3.12. The summed E-state index contributed by atoms with van der Waals surface area (Å²) in [6.45, 7) is 7.57. The number of nitrogens with zero attached hydrogens (tertiary/aromatic N) is 2. The lowest BCUT2D eigenvalue weighted by Gasteiger charge is -2.35. The minimum absolute atomic E-state index is 0.356. The molecular formula is C22H24N4O2. The topological polar surface area (TPSA) is 64.7 Å². The fourth-order valence-corrected chi connectivity index (χ4v) is 3.67. The summed E-state index contributed by atoms with van der Waals surface area (Å²) in [5.74, 6) is -0.744. The Balaban J connectivity index is 1.47. The first-order valence-corrected chi connectivity index (χ1v) is 9.65. The van der Waals surface area contributed by atoms with Gasteiger partial charge >= 0.3 is 0 Å². The SMILES string of the molecule is CCN1CCN(c2ccc(N/C=C3\C(=O)NC(=O)c4ccccc43)cc2)CC1. The molecule has 2 aromatic rings. The zero-order valence-electron chi connectivity index (χ0n) is 15.9. The summed E-state index contributed by atoms with van der Waals surface area (Å²) < 4.78 is 0. The van der Waals surface area contributed by atoms with Gasteiger partial charge in [-0.05, 0) is 36.9 Å². The molecule has 4 rings (SSSR count). The first kappa shape index (κ1) is 18.3. The zero-order valence-corrected chi connectivity index (χ0v) is 15.9. The molecule has 0 atom stereocenters. The van der Waals surface area contributed by atoms with Gasteiger partial charge in [0, 0.05) is 54.9 Å². The molecule has 1 fully saturated rings. The Morgan fingerprint density at radius 2 is 1.61 bits per heavy atom. The van der Waals surface area contributed by atoms with E-state index in [-0.39, 0.29) is 11.8 Å². The van der Waals surface area contributed by atoms with Crippen molar-refractivity contribution in [2.24, 2.45) is 0 Å². The van der Waals surface area contributed by atoms with Crippen molar-refractivity contribution in [1.82, 2.24) is 10.2 Å². The van der Waals surface area contributed by atoms with Crippen LogP contribution in [0.1, 0.15) is 22.8 Å². The number of imide groups is 1. The number of hydrogen-bond donors (Lipinski definition) is 2. The predicted octanol–water partition coefficient (Wildman–Crippen LogP) is 2.55. The standard InChI is InChI=1S/C22H24N4O2/c1-2-25-11-13-26(14-12-25)17-9-7-16(8-10-17)23-15-20-18-5-3-4-6-19(18)21(27)24-22(20)28/h3-10,15,23H,2,11-14H2,1H3,(H,24,27,28)/b20-15-. The van der Waals surface area contributed by atoms with E-state index in [0.717, 1.165) is 38.4 Å². The molecule has 28 heavy (non-hydrogen) atoms. The number of benzene rings is 2. The van der Waals surface area contributed by atoms with Crippen LogP contribution in [0.25, 0.3) is 5.57 Å². The molecule has 2 aliphatic rings. The van der Waals surface area contributed by atoms with E-state index in [1.807, 2.05) is 18.2 Å². The summed E-state index contributed by atoms with van der Waals surface area (Å²) in [5.41, 5.74) is 3.71. The lowest BCUT2D eigenvalue weighted by molar-refractivity contribution is -0.114. The number of anilines is 2. The lowest BCUT2D eigenvalue weighted by Crippen LogP contribution is -2.46. The largest absolute Gasteiger partial charge is 0.369 e. The molecule has 0 aliphatic carbocycles. The highest BCUT2D eigenvalue weighted by atomic mass is 16.2.